The average molecular weight is 382 g/mol. The number of methoxy groups -OCH3 is 2. The van der Waals surface area contributed by atoms with Crippen LogP contribution in [-0.4, -0.2) is 39.1 Å². The summed E-state index contributed by atoms with van der Waals surface area (Å²) in [7, 11) is 3.12. The Morgan fingerprint density at radius 1 is 1.11 bits per heavy atom. The Hall–Kier alpha value is -3.02. The van der Waals surface area contributed by atoms with Crippen LogP contribution in [0, 0.1) is 0 Å². The van der Waals surface area contributed by atoms with E-state index in [1.54, 1.807) is 37.3 Å². The van der Waals surface area contributed by atoms with Gasteiger partial charge in [0.05, 0.1) is 19.9 Å². The Kier molecular flexibility index (Phi) is 6.19. The number of fused-ring (bicyclic) bond motifs is 1. The fraction of sp³-hybridized carbons (Fsp3) is 0.364. The second-order valence-electron chi connectivity index (χ2n) is 6.74. The van der Waals surface area contributed by atoms with Crippen LogP contribution < -0.4 is 19.3 Å². The van der Waals surface area contributed by atoms with Gasteiger partial charge >= 0.3 is 0 Å². The summed E-state index contributed by atoms with van der Waals surface area (Å²) < 4.78 is 10.6. The van der Waals surface area contributed by atoms with Crippen LogP contribution in [0.5, 0.6) is 11.5 Å². The van der Waals surface area contributed by atoms with Crippen LogP contribution in [0.3, 0.4) is 0 Å². The molecule has 6 nitrogen and oxygen atoms in total. The van der Waals surface area contributed by atoms with Gasteiger partial charge in [-0.3, -0.25) is 9.59 Å². The van der Waals surface area contributed by atoms with Gasteiger partial charge in [-0.05, 0) is 36.6 Å². The van der Waals surface area contributed by atoms with E-state index >= 15 is 0 Å². The number of benzene rings is 2. The number of amides is 2. The monoisotopic (exact) mass is 382 g/mol. The Bertz CT molecular complexity index is 865. The topological polar surface area (TPSA) is 59.1 Å². The number of rotatable bonds is 6. The minimum Gasteiger partial charge on any atom is -0.497 e. The summed E-state index contributed by atoms with van der Waals surface area (Å²) in [4.78, 5) is 28.6. The summed E-state index contributed by atoms with van der Waals surface area (Å²) in [6, 6.07) is 13.3. The lowest BCUT2D eigenvalue weighted by atomic mass is 10.0. The van der Waals surface area contributed by atoms with Gasteiger partial charge in [-0.2, -0.15) is 0 Å². The van der Waals surface area contributed by atoms with E-state index in [1.165, 1.54) is 12.5 Å². The molecule has 28 heavy (non-hydrogen) atoms. The highest BCUT2D eigenvalue weighted by Crippen LogP contribution is 2.33. The molecule has 1 aliphatic rings. The van der Waals surface area contributed by atoms with E-state index in [-0.39, 0.29) is 24.8 Å². The van der Waals surface area contributed by atoms with Crippen LogP contribution in [0.4, 0.5) is 11.4 Å². The van der Waals surface area contributed by atoms with Crippen LogP contribution >= 0.6 is 0 Å². The zero-order valence-electron chi connectivity index (χ0n) is 16.6. The maximum atomic E-state index is 12.9. The van der Waals surface area contributed by atoms with E-state index in [0.717, 1.165) is 18.5 Å². The molecule has 6 heteroatoms. The SMILES string of the molecule is COc1ccc(N(CCC(=O)N2CCCc3ccccc32)C(C)=O)c(OC)c1. The van der Waals surface area contributed by atoms with E-state index in [2.05, 4.69) is 6.07 Å². The number of hydrogen-bond donors (Lipinski definition) is 0. The third-order valence-electron chi connectivity index (χ3n) is 5.02. The molecule has 2 amide bonds. The van der Waals surface area contributed by atoms with Gasteiger partial charge < -0.3 is 19.3 Å². The molecule has 0 saturated heterocycles. The maximum absolute atomic E-state index is 12.9. The highest BCUT2D eigenvalue weighted by molar-refractivity contribution is 5.97. The quantitative estimate of drug-likeness (QED) is 0.768. The lowest BCUT2D eigenvalue weighted by Crippen LogP contribution is -2.39. The number of carbonyl (C=O) groups is 2. The second kappa shape index (κ2) is 8.78. The fourth-order valence-corrected chi connectivity index (χ4v) is 3.59. The van der Waals surface area contributed by atoms with E-state index in [4.69, 9.17) is 9.47 Å². The summed E-state index contributed by atoms with van der Waals surface area (Å²) in [5, 5.41) is 0. The van der Waals surface area contributed by atoms with Crippen LogP contribution in [0.2, 0.25) is 0 Å². The number of para-hydroxylation sites is 1. The molecular weight excluding hydrogens is 356 g/mol. The van der Waals surface area contributed by atoms with Gasteiger partial charge in [0.1, 0.15) is 11.5 Å². The maximum Gasteiger partial charge on any atom is 0.228 e. The Balaban J connectivity index is 1.76. The highest BCUT2D eigenvalue weighted by atomic mass is 16.5. The molecule has 0 unspecified atom stereocenters. The highest BCUT2D eigenvalue weighted by Gasteiger charge is 2.24. The lowest BCUT2D eigenvalue weighted by Gasteiger charge is -2.30. The molecule has 1 heterocycles. The molecule has 0 spiro atoms. The normalized spacial score (nSPS) is 12.9. The lowest BCUT2D eigenvalue weighted by molar-refractivity contribution is -0.118. The molecule has 0 N–H and O–H groups in total. The van der Waals surface area contributed by atoms with E-state index < -0.39 is 0 Å². The van der Waals surface area contributed by atoms with Crippen LogP contribution in [-0.2, 0) is 16.0 Å². The molecular formula is C22H26N2O4. The minimum absolute atomic E-state index is 0.0193. The third kappa shape index (κ3) is 4.11. The molecule has 1 aliphatic heterocycles. The van der Waals surface area contributed by atoms with Gasteiger partial charge in [-0.1, -0.05) is 18.2 Å². The van der Waals surface area contributed by atoms with Crippen LogP contribution in [0.1, 0.15) is 25.3 Å². The Labute approximate surface area is 165 Å². The van der Waals surface area contributed by atoms with Crippen molar-refractivity contribution in [2.24, 2.45) is 0 Å². The van der Waals surface area contributed by atoms with Crippen molar-refractivity contribution in [1.82, 2.24) is 0 Å². The van der Waals surface area contributed by atoms with Gasteiger partial charge in [0, 0.05) is 38.2 Å². The largest absolute Gasteiger partial charge is 0.497 e. The second-order valence-corrected chi connectivity index (χ2v) is 6.74. The number of carbonyl (C=O) groups excluding carboxylic acids is 2. The smallest absolute Gasteiger partial charge is 0.228 e. The summed E-state index contributed by atoms with van der Waals surface area (Å²) in [5.41, 5.74) is 2.81. The molecule has 0 saturated carbocycles. The summed E-state index contributed by atoms with van der Waals surface area (Å²) in [6.45, 7) is 2.49. The number of ether oxygens (including phenoxy) is 2. The van der Waals surface area contributed by atoms with Crippen LogP contribution in [0.15, 0.2) is 42.5 Å². The molecule has 0 aromatic heterocycles. The van der Waals surface area contributed by atoms with Crippen molar-refractivity contribution in [3.8, 4) is 11.5 Å². The van der Waals surface area contributed by atoms with Crippen LogP contribution in [0.25, 0.3) is 0 Å². The number of nitrogens with zero attached hydrogens (tertiary/aromatic N) is 2. The van der Waals surface area contributed by atoms with Gasteiger partial charge in [-0.25, -0.2) is 0 Å². The molecule has 3 rings (SSSR count). The van der Waals surface area contributed by atoms with Crippen molar-refractivity contribution < 1.29 is 19.1 Å². The molecule has 0 aliphatic carbocycles. The zero-order valence-corrected chi connectivity index (χ0v) is 16.6. The molecule has 2 aromatic rings. The van der Waals surface area contributed by atoms with Gasteiger partial charge in [0.25, 0.3) is 0 Å². The fourth-order valence-electron chi connectivity index (χ4n) is 3.59. The molecule has 2 aromatic carbocycles. The molecule has 148 valence electrons. The molecule has 0 bridgehead atoms. The first-order valence-electron chi connectivity index (χ1n) is 9.43. The van der Waals surface area contributed by atoms with E-state index in [0.29, 0.717) is 23.7 Å². The first kappa shape index (κ1) is 19.7. The number of aryl methyl sites for hydroxylation is 1. The van der Waals surface area contributed by atoms with E-state index in [9.17, 15) is 9.59 Å². The summed E-state index contributed by atoms with van der Waals surface area (Å²) >= 11 is 0. The molecule has 0 atom stereocenters. The van der Waals surface area contributed by atoms with Crippen molar-refractivity contribution in [3.05, 3.63) is 48.0 Å². The minimum atomic E-state index is -0.143. The molecule has 0 radical (unpaired) electrons. The molecule has 0 fully saturated rings. The average Bonchev–Trinajstić information content (AvgIpc) is 2.73. The van der Waals surface area contributed by atoms with Crippen molar-refractivity contribution in [1.29, 1.82) is 0 Å². The zero-order chi connectivity index (χ0) is 20.1. The summed E-state index contributed by atoms with van der Waals surface area (Å²) in [5.74, 6) is 1.05. The van der Waals surface area contributed by atoms with Crippen molar-refractivity contribution >= 4 is 23.2 Å². The predicted molar refractivity (Wildman–Crippen MR) is 109 cm³/mol. The van der Waals surface area contributed by atoms with Gasteiger partial charge in [0.2, 0.25) is 11.8 Å². The van der Waals surface area contributed by atoms with Crippen molar-refractivity contribution in [2.45, 2.75) is 26.2 Å². The Morgan fingerprint density at radius 2 is 1.89 bits per heavy atom. The number of hydrogen-bond acceptors (Lipinski definition) is 4. The van der Waals surface area contributed by atoms with Gasteiger partial charge in [0.15, 0.2) is 0 Å². The standard InChI is InChI=1S/C22H26N2O4/c1-16(25)23(20-11-10-18(27-2)15-21(20)28-3)14-12-22(26)24-13-6-8-17-7-4-5-9-19(17)24/h4-5,7,9-11,15H,6,8,12-14H2,1-3H3. The van der Waals surface area contributed by atoms with Crippen molar-refractivity contribution in [2.75, 3.05) is 37.1 Å². The summed E-state index contributed by atoms with van der Waals surface area (Å²) in [6.07, 6.45) is 2.18. The first-order valence-corrected chi connectivity index (χ1v) is 9.43. The predicted octanol–water partition coefficient (Wildman–Crippen LogP) is 3.43. The van der Waals surface area contributed by atoms with Crippen molar-refractivity contribution in [3.63, 3.8) is 0 Å². The third-order valence-corrected chi connectivity index (χ3v) is 5.02. The Morgan fingerprint density at radius 3 is 2.61 bits per heavy atom. The van der Waals surface area contributed by atoms with Gasteiger partial charge in [-0.15, -0.1) is 0 Å². The first-order chi connectivity index (χ1) is 13.5. The number of anilines is 2. The van der Waals surface area contributed by atoms with E-state index in [1.807, 2.05) is 23.1 Å².